The average Bonchev–Trinajstić information content (AvgIpc) is 2.47. The summed E-state index contributed by atoms with van der Waals surface area (Å²) in [7, 11) is 1.78. The van der Waals surface area contributed by atoms with Gasteiger partial charge >= 0.3 is 0 Å². The molecule has 0 saturated heterocycles. The van der Waals surface area contributed by atoms with E-state index in [2.05, 4.69) is 17.4 Å². The molecule has 3 heteroatoms. The van der Waals surface area contributed by atoms with Crippen molar-refractivity contribution in [1.82, 2.24) is 5.32 Å². The minimum atomic E-state index is -0.747. The van der Waals surface area contributed by atoms with Gasteiger partial charge in [0.1, 0.15) is 0 Å². The van der Waals surface area contributed by atoms with Crippen LogP contribution >= 0.6 is 0 Å². The SMILES string of the molecule is CNC(CCc1cccc(C)c1)c1ccc(C)c(F)c1F. The highest BCUT2D eigenvalue weighted by Crippen LogP contribution is 2.25. The smallest absolute Gasteiger partial charge is 0.163 e. The van der Waals surface area contributed by atoms with Gasteiger partial charge in [0.05, 0.1) is 0 Å². The zero-order valence-corrected chi connectivity index (χ0v) is 12.7. The van der Waals surface area contributed by atoms with Crippen molar-refractivity contribution in [1.29, 1.82) is 0 Å². The van der Waals surface area contributed by atoms with Gasteiger partial charge in [0.2, 0.25) is 0 Å². The Morgan fingerprint density at radius 2 is 1.81 bits per heavy atom. The van der Waals surface area contributed by atoms with Crippen molar-refractivity contribution in [2.24, 2.45) is 0 Å². The zero-order chi connectivity index (χ0) is 15.4. The maximum atomic E-state index is 14.1. The predicted octanol–water partition coefficient (Wildman–Crippen LogP) is 4.47. The molecule has 0 aliphatic carbocycles. The van der Waals surface area contributed by atoms with E-state index in [0.29, 0.717) is 11.1 Å². The van der Waals surface area contributed by atoms with Crippen LogP contribution in [0, 0.1) is 25.5 Å². The Balaban J connectivity index is 2.15. The molecule has 0 fully saturated rings. The summed E-state index contributed by atoms with van der Waals surface area (Å²) in [5.41, 5.74) is 3.15. The number of halogens is 2. The van der Waals surface area contributed by atoms with E-state index in [0.717, 1.165) is 12.8 Å². The molecule has 0 amide bonds. The highest BCUT2D eigenvalue weighted by molar-refractivity contribution is 5.28. The third-order valence-corrected chi connectivity index (χ3v) is 3.83. The van der Waals surface area contributed by atoms with Gasteiger partial charge in [-0.25, -0.2) is 8.78 Å². The lowest BCUT2D eigenvalue weighted by atomic mass is 9.97. The van der Waals surface area contributed by atoms with Gasteiger partial charge in [-0.2, -0.15) is 0 Å². The Kier molecular flexibility index (Phi) is 5.07. The third-order valence-electron chi connectivity index (χ3n) is 3.83. The fraction of sp³-hybridized carbons (Fsp3) is 0.333. The third kappa shape index (κ3) is 3.67. The maximum Gasteiger partial charge on any atom is 0.163 e. The molecule has 1 N–H and O–H groups in total. The number of hydrogen-bond donors (Lipinski definition) is 1. The molecule has 0 aliphatic rings. The molecule has 0 radical (unpaired) electrons. The van der Waals surface area contributed by atoms with Gasteiger partial charge in [0.15, 0.2) is 11.6 Å². The molecular weight excluding hydrogens is 268 g/mol. The van der Waals surface area contributed by atoms with Crippen molar-refractivity contribution >= 4 is 0 Å². The van der Waals surface area contributed by atoms with Gasteiger partial charge in [0, 0.05) is 11.6 Å². The standard InChI is InChI=1S/C18H21F2N/c1-12-5-4-6-14(11-12)8-10-16(21-3)15-9-7-13(2)17(19)18(15)20/h4-7,9,11,16,21H,8,10H2,1-3H3. The second kappa shape index (κ2) is 6.81. The second-order valence-electron chi connectivity index (χ2n) is 5.47. The van der Waals surface area contributed by atoms with Crippen LogP contribution in [0.15, 0.2) is 36.4 Å². The second-order valence-corrected chi connectivity index (χ2v) is 5.47. The summed E-state index contributed by atoms with van der Waals surface area (Å²) in [4.78, 5) is 0. The number of benzene rings is 2. The average molecular weight is 289 g/mol. The lowest BCUT2D eigenvalue weighted by molar-refractivity contribution is 0.460. The molecule has 0 heterocycles. The summed E-state index contributed by atoms with van der Waals surface area (Å²) in [6.45, 7) is 3.62. The fourth-order valence-electron chi connectivity index (χ4n) is 2.56. The molecule has 0 aliphatic heterocycles. The normalized spacial score (nSPS) is 12.4. The molecule has 21 heavy (non-hydrogen) atoms. The van der Waals surface area contributed by atoms with E-state index in [9.17, 15) is 8.78 Å². The molecule has 1 atom stereocenters. The molecule has 0 aromatic heterocycles. The Morgan fingerprint density at radius 1 is 1.05 bits per heavy atom. The Bertz CT molecular complexity index is 623. The quantitative estimate of drug-likeness (QED) is 0.856. The number of aryl methyl sites for hydroxylation is 3. The number of rotatable bonds is 5. The first-order chi connectivity index (χ1) is 10.0. The molecule has 2 aromatic carbocycles. The van der Waals surface area contributed by atoms with Gasteiger partial charge in [-0.05, 0) is 44.9 Å². The van der Waals surface area contributed by atoms with Crippen molar-refractivity contribution in [2.75, 3.05) is 7.05 Å². The van der Waals surface area contributed by atoms with Crippen LogP contribution in [0.5, 0.6) is 0 Å². The van der Waals surface area contributed by atoms with E-state index < -0.39 is 11.6 Å². The van der Waals surface area contributed by atoms with Crippen LogP contribution < -0.4 is 5.32 Å². The van der Waals surface area contributed by atoms with Crippen LogP contribution in [0.25, 0.3) is 0 Å². The van der Waals surface area contributed by atoms with Gasteiger partial charge in [-0.15, -0.1) is 0 Å². The van der Waals surface area contributed by atoms with Crippen molar-refractivity contribution in [3.05, 3.63) is 70.3 Å². The summed E-state index contributed by atoms with van der Waals surface area (Å²) < 4.78 is 27.8. The summed E-state index contributed by atoms with van der Waals surface area (Å²) in [5.74, 6) is -1.48. The van der Waals surface area contributed by atoms with E-state index in [1.807, 2.05) is 19.1 Å². The van der Waals surface area contributed by atoms with Gasteiger partial charge in [-0.1, -0.05) is 42.0 Å². The molecule has 0 saturated carbocycles. The number of hydrogen-bond acceptors (Lipinski definition) is 1. The van der Waals surface area contributed by atoms with E-state index in [1.54, 1.807) is 26.1 Å². The molecule has 2 aromatic rings. The first-order valence-corrected chi connectivity index (χ1v) is 7.20. The predicted molar refractivity (Wildman–Crippen MR) is 82.4 cm³/mol. The van der Waals surface area contributed by atoms with Gasteiger partial charge < -0.3 is 5.32 Å². The van der Waals surface area contributed by atoms with Gasteiger partial charge in [0.25, 0.3) is 0 Å². The van der Waals surface area contributed by atoms with Crippen LogP contribution in [0.2, 0.25) is 0 Å². The lowest BCUT2D eigenvalue weighted by Crippen LogP contribution is -2.19. The van der Waals surface area contributed by atoms with Crippen molar-refractivity contribution < 1.29 is 8.78 Å². The molecule has 1 unspecified atom stereocenters. The van der Waals surface area contributed by atoms with Crippen LogP contribution in [-0.4, -0.2) is 7.05 Å². The highest BCUT2D eigenvalue weighted by Gasteiger charge is 2.18. The minimum Gasteiger partial charge on any atom is -0.313 e. The molecule has 0 bridgehead atoms. The first kappa shape index (κ1) is 15.6. The molecule has 2 rings (SSSR count). The molecule has 0 spiro atoms. The Morgan fingerprint density at radius 3 is 2.48 bits per heavy atom. The first-order valence-electron chi connectivity index (χ1n) is 7.20. The Hall–Kier alpha value is -1.74. The van der Waals surface area contributed by atoms with Crippen LogP contribution in [-0.2, 0) is 6.42 Å². The summed E-state index contributed by atoms with van der Waals surface area (Å²) in [6.07, 6.45) is 1.54. The van der Waals surface area contributed by atoms with Crippen molar-refractivity contribution in [3.63, 3.8) is 0 Å². The van der Waals surface area contributed by atoms with E-state index in [-0.39, 0.29) is 6.04 Å². The van der Waals surface area contributed by atoms with Crippen LogP contribution in [0.1, 0.15) is 34.7 Å². The van der Waals surface area contributed by atoms with E-state index >= 15 is 0 Å². The zero-order valence-electron chi connectivity index (χ0n) is 12.7. The maximum absolute atomic E-state index is 14.1. The largest absolute Gasteiger partial charge is 0.313 e. The van der Waals surface area contributed by atoms with Crippen LogP contribution in [0.4, 0.5) is 8.78 Å². The highest BCUT2D eigenvalue weighted by atomic mass is 19.2. The van der Waals surface area contributed by atoms with Gasteiger partial charge in [-0.3, -0.25) is 0 Å². The minimum absolute atomic E-state index is 0.194. The monoisotopic (exact) mass is 289 g/mol. The van der Waals surface area contributed by atoms with Crippen LogP contribution in [0.3, 0.4) is 0 Å². The summed E-state index contributed by atoms with van der Waals surface area (Å²) in [6, 6.07) is 11.4. The number of nitrogens with one attached hydrogen (secondary N) is 1. The lowest BCUT2D eigenvalue weighted by Gasteiger charge is -2.18. The summed E-state index contributed by atoms with van der Waals surface area (Å²) >= 11 is 0. The topological polar surface area (TPSA) is 12.0 Å². The van der Waals surface area contributed by atoms with Crippen molar-refractivity contribution in [3.8, 4) is 0 Å². The molecule has 1 nitrogen and oxygen atoms in total. The fourth-order valence-corrected chi connectivity index (χ4v) is 2.56. The molecule has 112 valence electrons. The van der Waals surface area contributed by atoms with E-state index in [1.165, 1.54) is 11.1 Å². The molecular formula is C18H21F2N. The Labute approximate surface area is 125 Å². The van der Waals surface area contributed by atoms with E-state index in [4.69, 9.17) is 0 Å². The van der Waals surface area contributed by atoms with Crippen molar-refractivity contribution in [2.45, 2.75) is 32.7 Å². The summed E-state index contributed by atoms with van der Waals surface area (Å²) in [5, 5.41) is 3.08.